The van der Waals surface area contributed by atoms with Crippen LogP contribution in [0.2, 0.25) is 0 Å². The van der Waals surface area contributed by atoms with E-state index >= 15 is 0 Å². The number of aldehydes is 1. The summed E-state index contributed by atoms with van der Waals surface area (Å²) in [6, 6.07) is 7.16. The van der Waals surface area contributed by atoms with Gasteiger partial charge in [0.05, 0.1) is 5.69 Å². The molecule has 3 nitrogen and oxygen atoms in total. The van der Waals surface area contributed by atoms with E-state index in [9.17, 15) is 18.0 Å². The van der Waals surface area contributed by atoms with Gasteiger partial charge in [-0.25, -0.2) is 4.68 Å². The third-order valence-electron chi connectivity index (χ3n) is 2.45. The van der Waals surface area contributed by atoms with Crippen molar-refractivity contribution in [1.29, 1.82) is 0 Å². The summed E-state index contributed by atoms with van der Waals surface area (Å²) < 4.78 is 39.1. The lowest BCUT2D eigenvalue weighted by atomic mass is 10.2. The molecule has 1 heterocycles. The number of thioether (sulfide) groups is 1. The second kappa shape index (κ2) is 5.08. The minimum Gasteiger partial charge on any atom is -0.298 e. The van der Waals surface area contributed by atoms with E-state index in [1.165, 1.54) is 28.6 Å². The van der Waals surface area contributed by atoms with Gasteiger partial charge >= 0.3 is 6.18 Å². The molecule has 2 rings (SSSR count). The maximum Gasteiger partial charge on any atom is 0.435 e. The molecule has 0 N–H and O–H groups in total. The number of carbonyl (C=O) groups excluding carboxylic acids is 1. The van der Waals surface area contributed by atoms with E-state index in [1.807, 2.05) is 0 Å². The summed E-state index contributed by atoms with van der Waals surface area (Å²) in [6.07, 6.45) is -2.13. The molecule has 0 amide bonds. The van der Waals surface area contributed by atoms with Crippen molar-refractivity contribution in [3.8, 4) is 5.69 Å². The van der Waals surface area contributed by atoms with Crippen molar-refractivity contribution in [2.45, 2.75) is 11.2 Å². The van der Waals surface area contributed by atoms with E-state index in [0.29, 0.717) is 22.6 Å². The molecule has 19 heavy (non-hydrogen) atoms. The molecule has 0 radical (unpaired) electrons. The van der Waals surface area contributed by atoms with E-state index < -0.39 is 11.9 Å². The molecular formula is C12H9F3N2OS. The summed E-state index contributed by atoms with van der Waals surface area (Å²) in [5.41, 5.74) is -0.000540. The summed E-state index contributed by atoms with van der Waals surface area (Å²) in [5.74, 6) is 0. The number of hydrogen-bond acceptors (Lipinski definition) is 3. The Hall–Kier alpha value is -1.76. The van der Waals surface area contributed by atoms with E-state index in [2.05, 4.69) is 5.10 Å². The average Bonchev–Trinajstić information content (AvgIpc) is 2.83. The summed E-state index contributed by atoms with van der Waals surface area (Å²) in [5, 5.41) is 3.94. The Morgan fingerprint density at radius 3 is 2.37 bits per heavy atom. The van der Waals surface area contributed by atoms with E-state index in [0.717, 1.165) is 6.07 Å². The van der Waals surface area contributed by atoms with Crippen LogP contribution in [0.15, 0.2) is 35.4 Å². The van der Waals surface area contributed by atoms with Gasteiger partial charge in [-0.2, -0.15) is 18.3 Å². The molecule has 100 valence electrons. The first-order valence-electron chi connectivity index (χ1n) is 5.22. The molecule has 7 heteroatoms. The van der Waals surface area contributed by atoms with Crippen molar-refractivity contribution in [2.24, 2.45) is 0 Å². The lowest BCUT2D eigenvalue weighted by Gasteiger charge is -2.05. The Balaban J connectivity index is 2.48. The number of halogens is 3. The largest absolute Gasteiger partial charge is 0.435 e. The van der Waals surface area contributed by atoms with Crippen LogP contribution in [0.3, 0.4) is 0 Å². The van der Waals surface area contributed by atoms with E-state index in [1.54, 1.807) is 18.4 Å². The number of rotatable bonds is 3. The fourth-order valence-corrected chi connectivity index (χ4v) is 2.08. The Kier molecular flexibility index (Phi) is 3.66. The SMILES string of the molecule is CSc1cc(C(F)(F)F)nn1-c1ccc(C=O)cc1. The Bertz CT molecular complexity index is 590. The Morgan fingerprint density at radius 1 is 1.26 bits per heavy atom. The number of alkyl halides is 3. The molecule has 0 saturated heterocycles. The maximum atomic E-state index is 12.6. The predicted octanol–water partition coefficient (Wildman–Crippen LogP) is 3.43. The maximum absolute atomic E-state index is 12.6. The highest BCUT2D eigenvalue weighted by molar-refractivity contribution is 7.98. The normalized spacial score (nSPS) is 11.6. The topological polar surface area (TPSA) is 34.9 Å². The highest BCUT2D eigenvalue weighted by atomic mass is 32.2. The van der Waals surface area contributed by atoms with Gasteiger partial charge in [-0.3, -0.25) is 4.79 Å². The van der Waals surface area contributed by atoms with Crippen LogP contribution in [0.1, 0.15) is 16.1 Å². The molecular weight excluding hydrogens is 277 g/mol. The minimum absolute atomic E-state index is 0.381. The fourth-order valence-electron chi connectivity index (χ4n) is 1.53. The van der Waals surface area contributed by atoms with Gasteiger partial charge in [0, 0.05) is 11.6 Å². The average molecular weight is 286 g/mol. The van der Waals surface area contributed by atoms with Crippen molar-refractivity contribution in [1.82, 2.24) is 9.78 Å². The van der Waals surface area contributed by atoms with Crippen LogP contribution >= 0.6 is 11.8 Å². The van der Waals surface area contributed by atoms with Crippen LogP contribution in [0.25, 0.3) is 5.69 Å². The molecule has 0 aliphatic rings. The molecule has 0 bridgehead atoms. The molecule has 2 aromatic rings. The van der Waals surface area contributed by atoms with Crippen molar-refractivity contribution >= 4 is 18.0 Å². The lowest BCUT2D eigenvalue weighted by Crippen LogP contribution is -2.07. The number of aromatic nitrogens is 2. The van der Waals surface area contributed by atoms with E-state index in [4.69, 9.17) is 0 Å². The second-order valence-corrected chi connectivity index (χ2v) is 4.52. The number of nitrogens with zero attached hydrogens (tertiary/aromatic N) is 2. The van der Waals surface area contributed by atoms with Crippen LogP contribution in [0.4, 0.5) is 13.2 Å². The molecule has 0 spiro atoms. The molecule has 0 unspecified atom stereocenters. The predicted molar refractivity (Wildman–Crippen MR) is 65.7 cm³/mol. The van der Waals surface area contributed by atoms with Gasteiger partial charge in [-0.05, 0) is 30.5 Å². The minimum atomic E-state index is -4.47. The van der Waals surface area contributed by atoms with Crippen LogP contribution in [-0.4, -0.2) is 22.3 Å². The zero-order chi connectivity index (χ0) is 14.0. The summed E-state index contributed by atoms with van der Waals surface area (Å²) in [4.78, 5) is 10.5. The van der Waals surface area contributed by atoms with Crippen LogP contribution in [0, 0.1) is 0 Å². The summed E-state index contributed by atoms with van der Waals surface area (Å²) in [7, 11) is 0. The van der Waals surface area contributed by atoms with Gasteiger partial charge in [0.1, 0.15) is 11.3 Å². The smallest absolute Gasteiger partial charge is 0.298 e. The monoisotopic (exact) mass is 286 g/mol. The first-order chi connectivity index (χ1) is 8.95. The highest BCUT2D eigenvalue weighted by Crippen LogP contribution is 2.32. The van der Waals surface area contributed by atoms with Gasteiger partial charge in [-0.1, -0.05) is 0 Å². The van der Waals surface area contributed by atoms with Gasteiger partial charge in [-0.15, -0.1) is 11.8 Å². The summed E-state index contributed by atoms with van der Waals surface area (Å²) >= 11 is 1.17. The standard InChI is InChI=1S/C12H9F3N2OS/c1-19-11-6-10(12(13,14)15)16-17(11)9-4-2-8(7-18)3-5-9/h2-7H,1H3. The van der Waals surface area contributed by atoms with Gasteiger partial charge in [0.2, 0.25) is 0 Å². The third-order valence-corrected chi connectivity index (χ3v) is 3.16. The molecule has 0 fully saturated rings. The quantitative estimate of drug-likeness (QED) is 0.640. The third kappa shape index (κ3) is 2.81. The molecule has 0 atom stereocenters. The van der Waals surface area contributed by atoms with Crippen LogP contribution in [-0.2, 0) is 6.18 Å². The zero-order valence-corrected chi connectivity index (χ0v) is 10.6. The van der Waals surface area contributed by atoms with Gasteiger partial charge in [0.25, 0.3) is 0 Å². The Labute approximate surface area is 111 Å². The van der Waals surface area contributed by atoms with Crippen LogP contribution in [0.5, 0.6) is 0 Å². The van der Waals surface area contributed by atoms with Crippen molar-refractivity contribution in [2.75, 3.05) is 6.26 Å². The molecule has 1 aromatic carbocycles. The van der Waals surface area contributed by atoms with Gasteiger partial charge in [0.15, 0.2) is 5.69 Å². The lowest BCUT2D eigenvalue weighted by molar-refractivity contribution is -0.141. The molecule has 1 aromatic heterocycles. The van der Waals surface area contributed by atoms with Gasteiger partial charge < -0.3 is 0 Å². The zero-order valence-electron chi connectivity index (χ0n) is 9.81. The first-order valence-corrected chi connectivity index (χ1v) is 6.45. The second-order valence-electron chi connectivity index (χ2n) is 3.69. The number of carbonyl (C=O) groups is 1. The molecule has 0 aliphatic heterocycles. The van der Waals surface area contributed by atoms with Crippen molar-refractivity contribution in [3.63, 3.8) is 0 Å². The first kappa shape index (κ1) is 13.7. The van der Waals surface area contributed by atoms with Crippen LogP contribution < -0.4 is 0 Å². The van der Waals surface area contributed by atoms with Crippen molar-refractivity contribution < 1.29 is 18.0 Å². The molecule has 0 saturated carbocycles. The molecule has 0 aliphatic carbocycles. The number of hydrogen-bond donors (Lipinski definition) is 0. The number of benzene rings is 1. The highest BCUT2D eigenvalue weighted by Gasteiger charge is 2.35. The summed E-state index contributed by atoms with van der Waals surface area (Å²) in [6.45, 7) is 0. The fraction of sp³-hybridized carbons (Fsp3) is 0.167. The van der Waals surface area contributed by atoms with E-state index in [-0.39, 0.29) is 0 Å². The Morgan fingerprint density at radius 2 is 1.89 bits per heavy atom. The van der Waals surface area contributed by atoms with Crippen molar-refractivity contribution in [3.05, 3.63) is 41.6 Å².